The molecule has 5 nitrogen and oxygen atoms in total. The highest BCUT2D eigenvalue weighted by Crippen LogP contribution is 2.31. The van der Waals surface area contributed by atoms with Gasteiger partial charge < -0.3 is 4.90 Å². The Balaban J connectivity index is 1.69. The van der Waals surface area contributed by atoms with E-state index in [-0.39, 0.29) is 23.4 Å². The lowest BCUT2D eigenvalue weighted by Gasteiger charge is -2.21. The van der Waals surface area contributed by atoms with Crippen molar-refractivity contribution in [3.05, 3.63) is 71.3 Å². The first-order chi connectivity index (χ1) is 14.1. The van der Waals surface area contributed by atoms with Crippen molar-refractivity contribution in [2.75, 3.05) is 7.05 Å². The number of hydrogen-bond acceptors (Lipinski definition) is 3. The van der Waals surface area contributed by atoms with E-state index in [1.807, 2.05) is 0 Å². The molecule has 0 aliphatic heterocycles. The summed E-state index contributed by atoms with van der Waals surface area (Å²) in [6.45, 7) is 0.228. The van der Waals surface area contributed by atoms with E-state index in [0.717, 1.165) is 25.0 Å². The fraction of sp³-hybridized carbons (Fsp3) is 0.286. The summed E-state index contributed by atoms with van der Waals surface area (Å²) in [4.78, 5) is 14.4. The van der Waals surface area contributed by atoms with E-state index >= 15 is 0 Å². The molecule has 2 aromatic carbocycles. The van der Waals surface area contributed by atoms with Crippen molar-refractivity contribution in [1.29, 1.82) is 0 Å². The lowest BCUT2D eigenvalue weighted by atomic mass is 10.1. The van der Waals surface area contributed by atoms with Crippen molar-refractivity contribution >= 4 is 22.0 Å². The largest absolute Gasteiger partial charge is 0.416 e. The third-order valence-electron chi connectivity index (χ3n) is 4.78. The van der Waals surface area contributed by atoms with Crippen LogP contribution in [0.3, 0.4) is 0 Å². The zero-order valence-electron chi connectivity index (χ0n) is 16.2. The Morgan fingerprint density at radius 2 is 1.70 bits per heavy atom. The molecule has 1 aliphatic rings. The molecule has 0 aromatic heterocycles. The molecule has 0 radical (unpaired) electrons. The summed E-state index contributed by atoms with van der Waals surface area (Å²) in [5.74, 6) is -0.246. The van der Waals surface area contributed by atoms with E-state index in [1.54, 1.807) is 23.1 Å². The van der Waals surface area contributed by atoms with Crippen molar-refractivity contribution in [2.24, 2.45) is 0 Å². The van der Waals surface area contributed by atoms with Gasteiger partial charge in [-0.15, -0.1) is 0 Å². The minimum Gasteiger partial charge on any atom is -0.332 e. The highest BCUT2D eigenvalue weighted by Gasteiger charge is 2.32. The Labute approximate surface area is 173 Å². The molecule has 0 saturated heterocycles. The molecule has 30 heavy (non-hydrogen) atoms. The number of nitrogens with zero attached hydrogens (tertiary/aromatic N) is 1. The highest BCUT2D eigenvalue weighted by molar-refractivity contribution is 7.89. The molecule has 1 saturated carbocycles. The molecule has 0 bridgehead atoms. The predicted octanol–water partition coefficient (Wildman–Crippen LogP) is 3.82. The number of nitrogens with one attached hydrogen (secondary N) is 1. The van der Waals surface area contributed by atoms with E-state index in [0.29, 0.717) is 11.1 Å². The minimum absolute atomic E-state index is 0.0765. The predicted molar refractivity (Wildman–Crippen MR) is 107 cm³/mol. The first-order valence-corrected chi connectivity index (χ1v) is 10.8. The number of amides is 1. The van der Waals surface area contributed by atoms with Crippen molar-refractivity contribution in [2.45, 2.75) is 36.5 Å². The molecule has 1 fully saturated rings. The highest BCUT2D eigenvalue weighted by atomic mass is 32.2. The van der Waals surface area contributed by atoms with Gasteiger partial charge in [0, 0.05) is 18.7 Å². The first-order valence-electron chi connectivity index (χ1n) is 9.28. The first kappa shape index (κ1) is 22.0. The summed E-state index contributed by atoms with van der Waals surface area (Å²) < 4.78 is 63.9. The molecule has 0 spiro atoms. The Morgan fingerprint density at radius 3 is 2.20 bits per heavy atom. The van der Waals surface area contributed by atoms with Gasteiger partial charge in [-0.1, -0.05) is 24.3 Å². The fourth-order valence-corrected chi connectivity index (χ4v) is 3.64. The molecule has 1 N–H and O–H groups in total. The Hall–Kier alpha value is -2.65. The van der Waals surface area contributed by atoms with E-state index in [1.165, 1.54) is 37.4 Å². The molecule has 0 atom stereocenters. The number of halogens is 3. The summed E-state index contributed by atoms with van der Waals surface area (Å²) in [5, 5.41) is 0. The van der Waals surface area contributed by atoms with Crippen LogP contribution in [-0.4, -0.2) is 32.3 Å². The van der Waals surface area contributed by atoms with Crippen molar-refractivity contribution in [3.63, 3.8) is 0 Å². The van der Waals surface area contributed by atoms with Crippen molar-refractivity contribution < 1.29 is 26.4 Å². The number of benzene rings is 2. The summed E-state index contributed by atoms with van der Waals surface area (Å²) in [6, 6.07) is 10.9. The van der Waals surface area contributed by atoms with E-state index in [4.69, 9.17) is 0 Å². The smallest absolute Gasteiger partial charge is 0.332 e. The second-order valence-corrected chi connectivity index (χ2v) is 8.89. The van der Waals surface area contributed by atoms with Gasteiger partial charge in [0.1, 0.15) is 0 Å². The summed E-state index contributed by atoms with van der Waals surface area (Å²) in [5.41, 5.74) is 0.557. The van der Waals surface area contributed by atoms with Gasteiger partial charge >= 0.3 is 6.18 Å². The van der Waals surface area contributed by atoms with E-state index < -0.39 is 21.8 Å². The van der Waals surface area contributed by atoms with Gasteiger partial charge in [0.2, 0.25) is 15.9 Å². The summed E-state index contributed by atoms with van der Waals surface area (Å²) in [6.07, 6.45) is 0.299. The molecule has 0 unspecified atom stereocenters. The summed E-state index contributed by atoms with van der Waals surface area (Å²) >= 11 is 0. The average molecular weight is 438 g/mol. The van der Waals surface area contributed by atoms with Crippen LogP contribution in [-0.2, 0) is 27.5 Å². The lowest BCUT2D eigenvalue weighted by molar-refractivity contribution is -0.137. The van der Waals surface area contributed by atoms with Gasteiger partial charge in [0.15, 0.2) is 0 Å². The van der Waals surface area contributed by atoms with Crippen LogP contribution in [0, 0.1) is 0 Å². The maximum atomic E-state index is 12.7. The van der Waals surface area contributed by atoms with Crippen LogP contribution < -0.4 is 4.72 Å². The normalized spacial score (nSPS) is 14.8. The second-order valence-electron chi connectivity index (χ2n) is 7.00. The van der Waals surface area contributed by atoms with Crippen LogP contribution in [0.4, 0.5) is 13.2 Å². The van der Waals surface area contributed by atoms with Crippen LogP contribution in [0.2, 0.25) is 0 Å². The fourth-order valence-electron chi connectivity index (χ4n) is 2.91. The molecule has 9 heteroatoms. The van der Waals surface area contributed by atoms with Gasteiger partial charge in [-0.3, -0.25) is 4.79 Å². The number of rotatable bonds is 7. The minimum atomic E-state index is -4.39. The number of carbonyl (C=O) groups excluding carboxylic acids is 1. The molecule has 1 amide bonds. The topological polar surface area (TPSA) is 66.5 Å². The summed E-state index contributed by atoms with van der Waals surface area (Å²) in [7, 11) is -2.20. The Morgan fingerprint density at radius 1 is 1.10 bits per heavy atom. The van der Waals surface area contributed by atoms with Gasteiger partial charge in [-0.05, 0) is 61.4 Å². The van der Waals surface area contributed by atoms with Crippen LogP contribution in [0.1, 0.15) is 29.5 Å². The average Bonchev–Trinajstić information content (AvgIpc) is 3.55. The number of carbonyl (C=O) groups is 1. The maximum absolute atomic E-state index is 12.7. The molecular weight excluding hydrogens is 417 g/mol. The third kappa shape index (κ3) is 5.48. The monoisotopic (exact) mass is 438 g/mol. The van der Waals surface area contributed by atoms with E-state index in [9.17, 15) is 26.4 Å². The number of hydrogen-bond donors (Lipinski definition) is 1. The van der Waals surface area contributed by atoms with Crippen LogP contribution >= 0.6 is 0 Å². The van der Waals surface area contributed by atoms with Crippen LogP contribution in [0.15, 0.2) is 59.5 Å². The third-order valence-corrected chi connectivity index (χ3v) is 6.21. The standard InChI is InChI=1S/C21H21F3N2O3S/c1-25-30(28,29)19-11-4-15(5-12-19)6-13-20(27)26(18-9-10-18)14-16-2-7-17(8-3-16)21(22,23)24/h2-8,11-13,18,25H,9-10,14H2,1H3/b13-6+. The Kier molecular flexibility index (Phi) is 6.33. The zero-order chi connectivity index (χ0) is 21.9. The van der Waals surface area contributed by atoms with Gasteiger partial charge in [-0.2, -0.15) is 13.2 Å². The van der Waals surface area contributed by atoms with Crippen LogP contribution in [0.25, 0.3) is 6.08 Å². The van der Waals surface area contributed by atoms with Crippen LogP contribution in [0.5, 0.6) is 0 Å². The second kappa shape index (κ2) is 8.61. The van der Waals surface area contributed by atoms with Gasteiger partial charge in [-0.25, -0.2) is 13.1 Å². The molecule has 160 valence electrons. The lowest BCUT2D eigenvalue weighted by Crippen LogP contribution is -2.31. The molecular formula is C21H21F3N2O3S. The van der Waals surface area contributed by atoms with Crippen molar-refractivity contribution in [3.8, 4) is 0 Å². The zero-order valence-corrected chi connectivity index (χ0v) is 17.0. The molecule has 0 heterocycles. The quantitative estimate of drug-likeness (QED) is 0.669. The number of sulfonamides is 1. The Bertz CT molecular complexity index is 1030. The van der Waals surface area contributed by atoms with E-state index in [2.05, 4.69) is 4.72 Å². The molecule has 2 aromatic rings. The SMILES string of the molecule is CNS(=O)(=O)c1ccc(/C=C/C(=O)N(Cc2ccc(C(F)(F)F)cc2)C2CC2)cc1. The van der Waals surface area contributed by atoms with Crippen molar-refractivity contribution in [1.82, 2.24) is 9.62 Å². The maximum Gasteiger partial charge on any atom is 0.416 e. The molecule has 1 aliphatic carbocycles. The van der Waals surface area contributed by atoms with Gasteiger partial charge in [0.25, 0.3) is 0 Å². The van der Waals surface area contributed by atoms with Gasteiger partial charge in [0.05, 0.1) is 10.5 Å². The molecule has 3 rings (SSSR count). The number of alkyl halides is 3.